The molecular weight excluding hydrogens is 204 g/mol. The highest BCUT2D eigenvalue weighted by molar-refractivity contribution is 5.79. The van der Waals surface area contributed by atoms with Gasteiger partial charge >= 0.3 is 0 Å². The van der Waals surface area contributed by atoms with Crippen LogP contribution >= 0.6 is 0 Å². The van der Waals surface area contributed by atoms with Gasteiger partial charge in [0.2, 0.25) is 5.96 Å². The SMILES string of the molecule is CCCN=C(NN)NC(C)Cn1ccnc1. The van der Waals surface area contributed by atoms with Crippen LogP contribution in [-0.2, 0) is 6.54 Å². The molecule has 0 aliphatic carbocycles. The highest BCUT2D eigenvalue weighted by Crippen LogP contribution is 1.91. The summed E-state index contributed by atoms with van der Waals surface area (Å²) in [5.74, 6) is 6.01. The van der Waals surface area contributed by atoms with Gasteiger partial charge < -0.3 is 9.88 Å². The second kappa shape index (κ2) is 6.84. The quantitative estimate of drug-likeness (QED) is 0.286. The second-order valence-electron chi connectivity index (χ2n) is 3.68. The van der Waals surface area contributed by atoms with Crippen molar-refractivity contribution in [2.24, 2.45) is 10.8 Å². The fourth-order valence-corrected chi connectivity index (χ4v) is 1.35. The van der Waals surface area contributed by atoms with Gasteiger partial charge in [-0.2, -0.15) is 0 Å². The maximum atomic E-state index is 5.37. The largest absolute Gasteiger partial charge is 0.351 e. The molecule has 0 aliphatic heterocycles. The molecule has 0 saturated heterocycles. The highest BCUT2D eigenvalue weighted by atomic mass is 15.3. The van der Waals surface area contributed by atoms with Crippen LogP contribution in [0.1, 0.15) is 20.3 Å². The summed E-state index contributed by atoms with van der Waals surface area (Å²) in [7, 11) is 0. The van der Waals surface area contributed by atoms with Crippen molar-refractivity contribution >= 4 is 5.96 Å². The molecule has 1 atom stereocenters. The van der Waals surface area contributed by atoms with Gasteiger partial charge in [0.25, 0.3) is 0 Å². The molecule has 16 heavy (non-hydrogen) atoms. The summed E-state index contributed by atoms with van der Waals surface area (Å²) >= 11 is 0. The van der Waals surface area contributed by atoms with Crippen molar-refractivity contribution in [2.75, 3.05) is 6.54 Å². The first-order valence-corrected chi connectivity index (χ1v) is 5.49. The van der Waals surface area contributed by atoms with Gasteiger partial charge in [0, 0.05) is 31.5 Å². The standard InChI is InChI=1S/C10H20N6/c1-3-4-13-10(15-11)14-9(2)7-16-6-5-12-8-16/h5-6,8-9H,3-4,7,11H2,1-2H3,(H2,13,14,15). The molecule has 4 N–H and O–H groups in total. The van der Waals surface area contributed by atoms with Gasteiger partial charge in [0.1, 0.15) is 0 Å². The van der Waals surface area contributed by atoms with Crippen LogP contribution in [0, 0.1) is 0 Å². The van der Waals surface area contributed by atoms with Gasteiger partial charge in [-0.05, 0) is 13.3 Å². The first-order chi connectivity index (χ1) is 7.76. The smallest absolute Gasteiger partial charge is 0.205 e. The molecule has 0 fully saturated rings. The number of rotatable bonds is 5. The third-order valence-corrected chi connectivity index (χ3v) is 2.06. The summed E-state index contributed by atoms with van der Waals surface area (Å²) < 4.78 is 2.01. The zero-order valence-electron chi connectivity index (χ0n) is 9.85. The Hall–Kier alpha value is -1.56. The van der Waals surface area contributed by atoms with E-state index in [-0.39, 0.29) is 6.04 Å². The third kappa shape index (κ3) is 4.31. The van der Waals surface area contributed by atoms with E-state index >= 15 is 0 Å². The van der Waals surface area contributed by atoms with Crippen molar-refractivity contribution < 1.29 is 0 Å². The highest BCUT2D eigenvalue weighted by Gasteiger charge is 2.04. The molecule has 1 rings (SSSR count). The fraction of sp³-hybridized carbons (Fsp3) is 0.600. The molecule has 0 bridgehead atoms. The Morgan fingerprint density at radius 2 is 2.44 bits per heavy atom. The molecule has 1 aromatic rings. The number of guanidine groups is 1. The Morgan fingerprint density at radius 3 is 3.00 bits per heavy atom. The Kier molecular flexibility index (Phi) is 5.35. The summed E-state index contributed by atoms with van der Waals surface area (Å²) in [6.45, 7) is 5.74. The third-order valence-electron chi connectivity index (χ3n) is 2.06. The van der Waals surface area contributed by atoms with Crippen molar-refractivity contribution in [3.05, 3.63) is 18.7 Å². The Balaban J connectivity index is 2.39. The van der Waals surface area contributed by atoms with Gasteiger partial charge in [-0.25, -0.2) is 10.8 Å². The van der Waals surface area contributed by atoms with Crippen LogP contribution in [-0.4, -0.2) is 28.1 Å². The average molecular weight is 224 g/mol. The van der Waals surface area contributed by atoms with Crippen LogP contribution in [0.4, 0.5) is 0 Å². The molecule has 6 heteroatoms. The minimum Gasteiger partial charge on any atom is -0.351 e. The lowest BCUT2D eigenvalue weighted by molar-refractivity contribution is 0.538. The van der Waals surface area contributed by atoms with Gasteiger partial charge in [0.15, 0.2) is 0 Å². The first-order valence-electron chi connectivity index (χ1n) is 5.49. The molecular formula is C10H20N6. The predicted octanol–water partition coefficient (Wildman–Crippen LogP) is 0.0905. The lowest BCUT2D eigenvalue weighted by atomic mass is 10.3. The Labute approximate surface area is 95.9 Å². The van der Waals surface area contributed by atoms with Crippen molar-refractivity contribution in [2.45, 2.75) is 32.9 Å². The van der Waals surface area contributed by atoms with Crippen LogP contribution in [0.3, 0.4) is 0 Å². The van der Waals surface area contributed by atoms with Gasteiger partial charge in [-0.1, -0.05) is 6.92 Å². The van der Waals surface area contributed by atoms with E-state index in [1.165, 1.54) is 0 Å². The lowest BCUT2D eigenvalue weighted by Gasteiger charge is -2.16. The minimum atomic E-state index is 0.237. The van der Waals surface area contributed by atoms with Crippen molar-refractivity contribution in [1.82, 2.24) is 20.3 Å². The second-order valence-corrected chi connectivity index (χ2v) is 3.68. The van der Waals surface area contributed by atoms with Crippen LogP contribution in [0.2, 0.25) is 0 Å². The Bertz CT molecular complexity index is 305. The van der Waals surface area contributed by atoms with E-state index in [2.05, 4.69) is 34.6 Å². The van der Waals surface area contributed by atoms with Gasteiger partial charge in [-0.15, -0.1) is 0 Å². The number of aliphatic imine (C=N–C) groups is 1. The molecule has 1 unspecified atom stereocenters. The molecule has 0 spiro atoms. The predicted molar refractivity (Wildman–Crippen MR) is 64.7 cm³/mol. The van der Waals surface area contributed by atoms with Crippen LogP contribution < -0.4 is 16.6 Å². The average Bonchev–Trinajstić information content (AvgIpc) is 2.76. The number of hydrogen-bond acceptors (Lipinski definition) is 3. The van der Waals surface area contributed by atoms with E-state index in [0.717, 1.165) is 19.5 Å². The Morgan fingerprint density at radius 1 is 1.62 bits per heavy atom. The number of nitrogens with one attached hydrogen (secondary N) is 2. The van der Waals surface area contributed by atoms with Crippen LogP contribution in [0.5, 0.6) is 0 Å². The van der Waals surface area contributed by atoms with Crippen LogP contribution in [0.15, 0.2) is 23.7 Å². The summed E-state index contributed by atoms with van der Waals surface area (Å²) in [6, 6.07) is 0.237. The molecule has 1 aromatic heterocycles. The van der Waals surface area contributed by atoms with E-state index < -0.39 is 0 Å². The fourth-order valence-electron chi connectivity index (χ4n) is 1.35. The number of hydrogen-bond donors (Lipinski definition) is 3. The molecule has 6 nitrogen and oxygen atoms in total. The van der Waals surface area contributed by atoms with E-state index in [4.69, 9.17) is 5.84 Å². The number of hydrazine groups is 1. The van der Waals surface area contributed by atoms with Crippen LogP contribution in [0.25, 0.3) is 0 Å². The van der Waals surface area contributed by atoms with Crippen molar-refractivity contribution in [3.8, 4) is 0 Å². The van der Waals surface area contributed by atoms with E-state index in [1.807, 2.05) is 10.8 Å². The summed E-state index contributed by atoms with van der Waals surface area (Å²) in [5, 5.41) is 3.20. The monoisotopic (exact) mass is 224 g/mol. The summed E-state index contributed by atoms with van der Waals surface area (Å²) in [4.78, 5) is 8.26. The summed E-state index contributed by atoms with van der Waals surface area (Å²) in [5.41, 5.74) is 2.56. The van der Waals surface area contributed by atoms with Crippen molar-refractivity contribution in [1.29, 1.82) is 0 Å². The van der Waals surface area contributed by atoms with E-state index in [9.17, 15) is 0 Å². The van der Waals surface area contributed by atoms with Gasteiger partial charge in [0.05, 0.1) is 6.33 Å². The molecule has 90 valence electrons. The normalized spacial score (nSPS) is 13.6. The van der Waals surface area contributed by atoms with Gasteiger partial charge in [-0.3, -0.25) is 10.4 Å². The van der Waals surface area contributed by atoms with E-state index in [1.54, 1.807) is 12.5 Å². The molecule has 1 heterocycles. The molecule has 0 saturated carbocycles. The first kappa shape index (κ1) is 12.5. The summed E-state index contributed by atoms with van der Waals surface area (Å²) in [6.07, 6.45) is 6.48. The molecule has 0 amide bonds. The zero-order chi connectivity index (χ0) is 11.8. The van der Waals surface area contributed by atoms with E-state index in [0.29, 0.717) is 5.96 Å². The lowest BCUT2D eigenvalue weighted by Crippen LogP contribution is -2.46. The molecule has 0 radical (unpaired) electrons. The maximum Gasteiger partial charge on any atom is 0.205 e. The van der Waals surface area contributed by atoms with Crippen molar-refractivity contribution in [3.63, 3.8) is 0 Å². The number of nitrogens with two attached hydrogens (primary N) is 1. The molecule has 0 aromatic carbocycles. The zero-order valence-corrected chi connectivity index (χ0v) is 9.85. The number of aromatic nitrogens is 2. The number of imidazole rings is 1. The number of nitrogens with zero attached hydrogens (tertiary/aromatic N) is 3. The maximum absolute atomic E-state index is 5.37. The molecule has 0 aliphatic rings. The topological polar surface area (TPSA) is 80.3 Å². The minimum absolute atomic E-state index is 0.237.